The predicted octanol–water partition coefficient (Wildman–Crippen LogP) is 3.08. The van der Waals surface area contributed by atoms with Gasteiger partial charge in [-0.15, -0.1) is 5.10 Å². The lowest BCUT2D eigenvalue weighted by Gasteiger charge is -2.22. The minimum Gasteiger partial charge on any atom is -0.479 e. The average molecular weight is 495 g/mol. The fourth-order valence-corrected chi connectivity index (χ4v) is 5.10. The summed E-state index contributed by atoms with van der Waals surface area (Å²) in [5.41, 5.74) is 0. The summed E-state index contributed by atoms with van der Waals surface area (Å²) in [7, 11) is -1.37. The molecule has 0 spiro atoms. The fourth-order valence-electron chi connectivity index (χ4n) is 2.82. The summed E-state index contributed by atoms with van der Waals surface area (Å²) < 4.78 is 66.7. The summed E-state index contributed by atoms with van der Waals surface area (Å²) in [5.74, 6) is -0.625. The Kier molecular flexibility index (Phi) is 7.85. The largest absolute Gasteiger partial charge is 0.479 e. The van der Waals surface area contributed by atoms with Gasteiger partial charge in [0.2, 0.25) is 12.5 Å². The molecule has 1 saturated heterocycles. The van der Waals surface area contributed by atoms with Crippen molar-refractivity contribution in [3.05, 3.63) is 34.9 Å². The van der Waals surface area contributed by atoms with Crippen LogP contribution in [0.5, 0.6) is 11.8 Å². The highest BCUT2D eigenvalue weighted by Crippen LogP contribution is 2.25. The number of ether oxygens (including phenoxy) is 2. The standard InChI is InChI=1S/C18H19ClF4N4O4Si/c1-27(15(28)9-30-11-2-3-12(19)13(20)8-11)32-7-4-14(24-10-32)16-25-26-17(31-16)29-6-5-18(21,22)23/h2-3,8,14,24H,1,4-7,9-10H2/q+1/t14-/m1/s1. The van der Waals surface area contributed by atoms with Gasteiger partial charge >= 0.3 is 27.1 Å². The average Bonchev–Trinajstić information content (AvgIpc) is 3.22. The van der Waals surface area contributed by atoms with E-state index in [-0.39, 0.29) is 41.3 Å². The Bertz CT molecular complexity index is 967. The molecule has 1 aromatic heterocycles. The monoisotopic (exact) mass is 494 g/mol. The number of aromatic nitrogens is 2. The zero-order chi connectivity index (χ0) is 23.3. The van der Waals surface area contributed by atoms with E-state index in [1.807, 2.05) is 0 Å². The molecular formula is C18H19ClF4N4O4Si+. The van der Waals surface area contributed by atoms with E-state index in [9.17, 15) is 22.4 Å². The van der Waals surface area contributed by atoms with E-state index in [0.717, 1.165) is 6.07 Å². The first kappa shape index (κ1) is 24.1. The van der Waals surface area contributed by atoms with Gasteiger partial charge in [-0.05, 0) is 18.6 Å². The van der Waals surface area contributed by atoms with Crippen LogP contribution < -0.4 is 14.8 Å². The molecule has 1 amide bonds. The van der Waals surface area contributed by atoms with E-state index in [2.05, 4.69) is 22.2 Å². The molecule has 14 heteroatoms. The van der Waals surface area contributed by atoms with Crippen LogP contribution in [0.3, 0.4) is 0 Å². The normalized spacial score (nSPS) is 17.2. The zero-order valence-electron chi connectivity index (χ0n) is 16.6. The van der Waals surface area contributed by atoms with Crippen molar-refractivity contribution in [1.29, 1.82) is 0 Å². The van der Waals surface area contributed by atoms with Crippen molar-refractivity contribution in [2.24, 2.45) is 0 Å². The summed E-state index contributed by atoms with van der Waals surface area (Å²) in [6.45, 7) is 2.90. The summed E-state index contributed by atoms with van der Waals surface area (Å²) >= 11 is 5.61. The van der Waals surface area contributed by atoms with Crippen LogP contribution in [-0.4, -0.2) is 61.6 Å². The van der Waals surface area contributed by atoms with Crippen molar-refractivity contribution in [2.75, 3.05) is 19.4 Å². The Balaban J connectivity index is 1.44. The van der Waals surface area contributed by atoms with Gasteiger partial charge in [-0.1, -0.05) is 16.7 Å². The van der Waals surface area contributed by atoms with E-state index < -0.39 is 34.0 Å². The van der Waals surface area contributed by atoms with E-state index in [1.54, 1.807) is 0 Å². The van der Waals surface area contributed by atoms with Crippen LogP contribution in [0.2, 0.25) is 11.1 Å². The van der Waals surface area contributed by atoms with Crippen molar-refractivity contribution >= 4 is 33.2 Å². The minimum absolute atomic E-state index is 0.0445. The summed E-state index contributed by atoms with van der Waals surface area (Å²) in [6, 6.07) is 4.22. The lowest BCUT2D eigenvalue weighted by atomic mass is 10.2. The zero-order valence-corrected chi connectivity index (χ0v) is 18.4. The Labute approximate surface area is 186 Å². The van der Waals surface area contributed by atoms with Crippen molar-refractivity contribution in [3.63, 3.8) is 0 Å². The van der Waals surface area contributed by atoms with Crippen LogP contribution in [0, 0.1) is 5.82 Å². The quantitative estimate of drug-likeness (QED) is 0.343. The molecule has 32 heavy (non-hydrogen) atoms. The number of nitrogens with one attached hydrogen (secondary N) is 1. The van der Waals surface area contributed by atoms with Crippen molar-refractivity contribution in [2.45, 2.75) is 31.1 Å². The summed E-state index contributed by atoms with van der Waals surface area (Å²) in [6.07, 6.45) is -4.76. The molecule has 8 nitrogen and oxygen atoms in total. The van der Waals surface area contributed by atoms with E-state index >= 15 is 0 Å². The van der Waals surface area contributed by atoms with Crippen LogP contribution in [0.25, 0.3) is 0 Å². The number of rotatable bonds is 8. The number of hydrogen-bond acceptors (Lipinski definition) is 7. The van der Waals surface area contributed by atoms with Gasteiger partial charge < -0.3 is 19.2 Å². The number of halogens is 5. The second-order valence-corrected chi connectivity index (χ2v) is 9.78. The van der Waals surface area contributed by atoms with Crippen molar-refractivity contribution < 1.29 is 40.5 Å². The maximum atomic E-state index is 13.4. The molecule has 2 aromatic rings. The van der Waals surface area contributed by atoms with Gasteiger partial charge in [-0.2, -0.15) is 13.2 Å². The Morgan fingerprint density at radius 1 is 1.38 bits per heavy atom. The maximum Gasteiger partial charge on any atom is 0.440 e. The predicted molar refractivity (Wildman–Crippen MR) is 106 cm³/mol. The third-order valence-electron chi connectivity index (χ3n) is 4.54. The first-order chi connectivity index (χ1) is 15.1. The highest BCUT2D eigenvalue weighted by atomic mass is 35.5. The van der Waals surface area contributed by atoms with E-state index in [0.29, 0.717) is 18.6 Å². The summed E-state index contributed by atoms with van der Waals surface area (Å²) in [5, 5.41) is 10.5. The van der Waals surface area contributed by atoms with E-state index in [1.165, 1.54) is 16.4 Å². The van der Waals surface area contributed by atoms with Gasteiger partial charge in [0, 0.05) is 12.1 Å². The van der Waals surface area contributed by atoms with Gasteiger partial charge in [0.25, 0.3) is 0 Å². The molecule has 1 aliphatic rings. The van der Waals surface area contributed by atoms with Gasteiger partial charge in [0.15, 0.2) is 0 Å². The Morgan fingerprint density at radius 2 is 2.16 bits per heavy atom. The first-order valence-corrected chi connectivity index (χ1v) is 11.7. The highest BCUT2D eigenvalue weighted by Gasteiger charge is 2.38. The van der Waals surface area contributed by atoms with E-state index in [4.69, 9.17) is 25.5 Å². The molecule has 3 rings (SSSR count). The third-order valence-corrected chi connectivity index (χ3v) is 7.34. The van der Waals surface area contributed by atoms with Crippen LogP contribution in [-0.2, 0) is 4.79 Å². The number of benzene rings is 1. The van der Waals surface area contributed by atoms with Crippen LogP contribution in [0.4, 0.5) is 17.6 Å². The molecule has 0 aliphatic carbocycles. The van der Waals surface area contributed by atoms with Gasteiger partial charge in [0.05, 0.1) is 23.7 Å². The van der Waals surface area contributed by atoms with Gasteiger partial charge in [-0.3, -0.25) is 0 Å². The van der Waals surface area contributed by atoms with Crippen molar-refractivity contribution in [1.82, 2.24) is 15.5 Å². The fraction of sp³-hybridized carbons (Fsp3) is 0.444. The maximum absolute atomic E-state index is 13.4. The molecule has 1 aromatic carbocycles. The molecule has 1 radical (unpaired) electrons. The number of hydrogen-bond donors (Lipinski definition) is 1. The number of carbonyl (C=O) groups is 1. The topological polar surface area (TPSA) is 89.5 Å². The lowest BCUT2D eigenvalue weighted by molar-refractivity contribution is -0.321. The summed E-state index contributed by atoms with van der Waals surface area (Å²) in [4.78, 5) is 12.4. The number of nitrogens with zero attached hydrogens (tertiary/aromatic N) is 3. The smallest absolute Gasteiger partial charge is 0.440 e. The Morgan fingerprint density at radius 3 is 2.81 bits per heavy atom. The highest BCUT2D eigenvalue weighted by molar-refractivity contribution is 6.52. The molecular weight excluding hydrogens is 476 g/mol. The molecule has 0 saturated carbocycles. The van der Waals surface area contributed by atoms with Crippen LogP contribution >= 0.6 is 11.6 Å². The first-order valence-electron chi connectivity index (χ1n) is 9.44. The molecule has 1 aliphatic heterocycles. The molecule has 2 heterocycles. The second kappa shape index (κ2) is 10.4. The molecule has 1 atom stereocenters. The molecule has 0 unspecified atom stereocenters. The molecule has 0 bridgehead atoms. The van der Waals surface area contributed by atoms with Crippen LogP contribution in [0.15, 0.2) is 22.6 Å². The second-order valence-electron chi connectivity index (χ2n) is 6.84. The van der Waals surface area contributed by atoms with Crippen LogP contribution in [0.1, 0.15) is 24.8 Å². The lowest BCUT2D eigenvalue weighted by Crippen LogP contribution is -2.48. The third kappa shape index (κ3) is 6.74. The number of amides is 1. The molecule has 1 fully saturated rings. The number of carbonyl (C=O) groups excluding carboxylic acids is 1. The minimum atomic E-state index is -4.33. The van der Waals surface area contributed by atoms with Crippen molar-refractivity contribution in [3.8, 4) is 11.8 Å². The molecule has 1 N–H and O–H groups in total. The van der Waals surface area contributed by atoms with Gasteiger partial charge in [0.1, 0.15) is 24.9 Å². The number of alkyl halides is 3. The Hall–Kier alpha value is -2.51. The molecule has 173 valence electrons. The SMILES string of the molecule is C=[N+](C(=O)COc1ccc(Cl)c(F)c1)[Si]1CC[C@H](c2nnc(OCCC(F)(F)F)o2)NC1. The van der Waals surface area contributed by atoms with Gasteiger partial charge in [-0.25, -0.2) is 13.4 Å².